The third-order valence-corrected chi connectivity index (χ3v) is 2.70. The predicted octanol–water partition coefficient (Wildman–Crippen LogP) is 2.83. The van der Waals surface area contributed by atoms with Gasteiger partial charge in [-0.15, -0.1) is 0 Å². The van der Waals surface area contributed by atoms with Crippen molar-refractivity contribution in [3.05, 3.63) is 34.1 Å². The van der Waals surface area contributed by atoms with Gasteiger partial charge in [0.1, 0.15) is 5.82 Å². The lowest BCUT2D eigenvalue weighted by atomic mass is 10.1. The highest BCUT2D eigenvalue weighted by molar-refractivity contribution is 9.10. The van der Waals surface area contributed by atoms with Crippen molar-refractivity contribution >= 4 is 22.0 Å². The molecule has 0 heterocycles. The van der Waals surface area contributed by atoms with Crippen LogP contribution in [-0.2, 0) is 11.2 Å². The first-order chi connectivity index (χ1) is 7.54. The van der Waals surface area contributed by atoms with Crippen molar-refractivity contribution in [2.75, 3.05) is 20.7 Å². The van der Waals surface area contributed by atoms with Crippen LogP contribution in [0.3, 0.4) is 0 Å². The van der Waals surface area contributed by atoms with Crippen LogP contribution >= 0.6 is 15.9 Å². The van der Waals surface area contributed by atoms with E-state index in [-0.39, 0.29) is 5.82 Å². The molecule has 5 heteroatoms. The molecule has 1 aromatic carbocycles. The molecule has 0 atom stereocenters. The van der Waals surface area contributed by atoms with Gasteiger partial charge in [0, 0.05) is 18.1 Å². The summed E-state index contributed by atoms with van der Waals surface area (Å²) in [4.78, 5) is 12.5. The van der Waals surface area contributed by atoms with Gasteiger partial charge >= 0.3 is 6.09 Å². The number of methoxy groups -OCH3 is 1. The van der Waals surface area contributed by atoms with Crippen molar-refractivity contribution in [1.29, 1.82) is 0 Å². The van der Waals surface area contributed by atoms with Crippen LogP contribution in [-0.4, -0.2) is 31.7 Å². The fourth-order valence-corrected chi connectivity index (χ4v) is 1.68. The molecule has 0 radical (unpaired) electrons. The van der Waals surface area contributed by atoms with Crippen LogP contribution in [0, 0.1) is 5.82 Å². The van der Waals surface area contributed by atoms with Gasteiger partial charge in [0.2, 0.25) is 0 Å². The highest BCUT2D eigenvalue weighted by Gasteiger charge is 2.09. The van der Waals surface area contributed by atoms with Gasteiger partial charge in [-0.1, -0.05) is 15.9 Å². The van der Waals surface area contributed by atoms with Gasteiger partial charge in [-0.2, -0.15) is 0 Å². The molecular weight excluding hydrogens is 277 g/mol. The van der Waals surface area contributed by atoms with E-state index in [1.807, 2.05) is 0 Å². The Morgan fingerprint density at radius 3 is 2.88 bits per heavy atom. The summed E-state index contributed by atoms with van der Waals surface area (Å²) in [6.45, 7) is 0.417. The van der Waals surface area contributed by atoms with Crippen LogP contribution in [0.4, 0.5) is 9.18 Å². The van der Waals surface area contributed by atoms with Crippen molar-refractivity contribution in [3.8, 4) is 0 Å². The Bertz CT molecular complexity index is 384. The average Bonchev–Trinajstić information content (AvgIpc) is 2.28. The van der Waals surface area contributed by atoms with Gasteiger partial charge in [0.25, 0.3) is 0 Å². The van der Waals surface area contributed by atoms with Crippen molar-refractivity contribution in [2.45, 2.75) is 6.42 Å². The van der Waals surface area contributed by atoms with E-state index in [2.05, 4.69) is 20.7 Å². The molecule has 0 aliphatic rings. The molecule has 16 heavy (non-hydrogen) atoms. The van der Waals surface area contributed by atoms with Crippen LogP contribution in [0.25, 0.3) is 0 Å². The molecule has 1 aromatic rings. The Kier molecular flexibility index (Phi) is 4.73. The summed E-state index contributed by atoms with van der Waals surface area (Å²) in [5.41, 5.74) is 0.574. The molecule has 3 nitrogen and oxygen atoms in total. The second-order valence-corrected chi connectivity index (χ2v) is 4.29. The lowest BCUT2D eigenvalue weighted by molar-refractivity contribution is 0.133. The molecule has 0 aromatic heterocycles. The molecule has 1 rings (SSSR count). The first kappa shape index (κ1) is 13.0. The first-order valence-corrected chi connectivity index (χ1v) is 5.57. The monoisotopic (exact) mass is 289 g/mol. The van der Waals surface area contributed by atoms with Crippen molar-refractivity contribution < 1.29 is 13.9 Å². The first-order valence-electron chi connectivity index (χ1n) is 4.77. The Morgan fingerprint density at radius 2 is 2.25 bits per heavy atom. The maximum atomic E-state index is 13.3. The molecule has 0 saturated heterocycles. The number of rotatable bonds is 3. The van der Waals surface area contributed by atoms with Gasteiger partial charge in [0.05, 0.1) is 7.11 Å². The van der Waals surface area contributed by atoms with Crippen LogP contribution < -0.4 is 0 Å². The molecule has 0 saturated carbocycles. The number of carbonyl (C=O) groups excluding carboxylic acids is 1. The summed E-state index contributed by atoms with van der Waals surface area (Å²) in [5.74, 6) is -0.263. The van der Waals surface area contributed by atoms with Crippen LogP contribution in [0.1, 0.15) is 5.56 Å². The summed E-state index contributed by atoms with van der Waals surface area (Å²) >= 11 is 3.27. The zero-order valence-electron chi connectivity index (χ0n) is 9.17. The topological polar surface area (TPSA) is 29.5 Å². The van der Waals surface area contributed by atoms with Crippen molar-refractivity contribution in [1.82, 2.24) is 4.90 Å². The predicted molar refractivity (Wildman–Crippen MR) is 62.8 cm³/mol. The van der Waals surface area contributed by atoms with Gasteiger partial charge in [-0.05, 0) is 30.2 Å². The number of amides is 1. The van der Waals surface area contributed by atoms with Crippen LogP contribution in [0.5, 0.6) is 0 Å². The second-order valence-electron chi connectivity index (χ2n) is 3.38. The fourth-order valence-electron chi connectivity index (χ4n) is 1.27. The van der Waals surface area contributed by atoms with Gasteiger partial charge in [-0.25, -0.2) is 9.18 Å². The van der Waals surface area contributed by atoms with E-state index in [1.54, 1.807) is 19.2 Å². The molecule has 0 aliphatic carbocycles. The average molecular weight is 290 g/mol. The summed E-state index contributed by atoms with van der Waals surface area (Å²) in [6.07, 6.45) is 0.0343. The summed E-state index contributed by atoms with van der Waals surface area (Å²) in [6, 6.07) is 4.75. The number of nitrogens with zero attached hydrogens (tertiary/aromatic N) is 1. The largest absolute Gasteiger partial charge is 0.453 e. The van der Waals surface area contributed by atoms with Crippen molar-refractivity contribution in [3.63, 3.8) is 0 Å². The smallest absolute Gasteiger partial charge is 0.409 e. The maximum absolute atomic E-state index is 13.3. The minimum atomic E-state index is -0.421. The van der Waals surface area contributed by atoms with Gasteiger partial charge in [0.15, 0.2) is 0 Å². The number of benzene rings is 1. The summed E-state index contributed by atoms with van der Waals surface area (Å²) in [5, 5.41) is 0. The fraction of sp³-hybridized carbons (Fsp3) is 0.364. The zero-order chi connectivity index (χ0) is 12.1. The Hall–Kier alpha value is -1.10. The Morgan fingerprint density at radius 1 is 1.56 bits per heavy atom. The molecule has 88 valence electrons. The van der Waals surface area contributed by atoms with E-state index in [0.717, 1.165) is 4.47 Å². The minimum Gasteiger partial charge on any atom is -0.453 e. The third-order valence-electron chi connectivity index (χ3n) is 2.21. The molecule has 0 bridgehead atoms. The molecule has 1 amide bonds. The maximum Gasteiger partial charge on any atom is 0.409 e. The summed E-state index contributed by atoms with van der Waals surface area (Å²) in [7, 11) is 2.93. The molecule has 0 unspecified atom stereocenters. The second kappa shape index (κ2) is 5.84. The van der Waals surface area contributed by atoms with Crippen LogP contribution in [0.15, 0.2) is 22.7 Å². The highest BCUT2D eigenvalue weighted by atomic mass is 79.9. The molecule has 0 fully saturated rings. The number of halogens is 2. The van der Waals surface area contributed by atoms with Gasteiger partial charge < -0.3 is 9.64 Å². The van der Waals surface area contributed by atoms with Gasteiger partial charge in [-0.3, -0.25) is 0 Å². The van der Waals surface area contributed by atoms with E-state index < -0.39 is 6.09 Å². The number of carbonyl (C=O) groups is 1. The SMILES string of the molecule is COC(=O)N(C)CCc1cc(Br)ccc1F. The summed E-state index contributed by atoms with van der Waals surface area (Å²) < 4.78 is 18.7. The van der Waals surface area contributed by atoms with E-state index in [9.17, 15) is 9.18 Å². The van der Waals surface area contributed by atoms with E-state index >= 15 is 0 Å². The van der Waals surface area contributed by atoms with E-state index in [4.69, 9.17) is 0 Å². The van der Waals surface area contributed by atoms with E-state index in [1.165, 1.54) is 18.1 Å². The normalized spacial score (nSPS) is 10.0. The molecular formula is C11H13BrFNO2. The number of hydrogen-bond acceptors (Lipinski definition) is 2. The number of hydrogen-bond donors (Lipinski definition) is 0. The van der Waals surface area contributed by atoms with E-state index in [0.29, 0.717) is 18.5 Å². The molecule has 0 N–H and O–H groups in total. The quantitative estimate of drug-likeness (QED) is 0.856. The van der Waals surface area contributed by atoms with Crippen LogP contribution in [0.2, 0.25) is 0 Å². The number of ether oxygens (including phenoxy) is 1. The Balaban J connectivity index is 2.60. The standard InChI is InChI=1S/C11H13BrFNO2/c1-14(11(15)16-2)6-5-8-7-9(12)3-4-10(8)13/h3-4,7H,5-6H2,1-2H3. The zero-order valence-corrected chi connectivity index (χ0v) is 10.8. The lowest BCUT2D eigenvalue weighted by Gasteiger charge is -2.15. The van der Waals surface area contributed by atoms with Crippen molar-refractivity contribution in [2.24, 2.45) is 0 Å². The highest BCUT2D eigenvalue weighted by Crippen LogP contribution is 2.16. The molecule has 0 spiro atoms. The lowest BCUT2D eigenvalue weighted by Crippen LogP contribution is -2.28. The minimum absolute atomic E-state index is 0.263. The third kappa shape index (κ3) is 3.48. The Labute approximate surface area is 102 Å². The number of likely N-dealkylation sites (N-methyl/N-ethyl adjacent to an activating group) is 1. The molecule has 0 aliphatic heterocycles.